The van der Waals surface area contributed by atoms with Gasteiger partial charge in [0.15, 0.2) is 0 Å². The number of ether oxygens (including phenoxy) is 1. The molecule has 3 heteroatoms. The van der Waals surface area contributed by atoms with Crippen LogP contribution in [0.15, 0.2) is 18.5 Å². The van der Waals surface area contributed by atoms with E-state index in [2.05, 4.69) is 18.0 Å². The topological polar surface area (TPSA) is 48.1 Å². The van der Waals surface area contributed by atoms with Crippen molar-refractivity contribution in [3.8, 4) is 5.75 Å². The van der Waals surface area contributed by atoms with Gasteiger partial charge < -0.3 is 10.5 Å². The highest BCUT2D eigenvalue weighted by Gasteiger charge is 2.23. The normalized spacial score (nSPS) is 24.6. The molecule has 1 aromatic heterocycles. The van der Waals surface area contributed by atoms with Gasteiger partial charge in [-0.2, -0.15) is 0 Å². The van der Waals surface area contributed by atoms with Crippen molar-refractivity contribution in [3.63, 3.8) is 0 Å². The van der Waals surface area contributed by atoms with Crippen LogP contribution in [-0.4, -0.2) is 17.6 Å². The first-order chi connectivity index (χ1) is 8.31. The standard InChI is InChI=1S/C14H22N2O/c1-2-7-17-12-8-11(9-16-10-12)13-5-3-4-6-14(13)15/h8-10,13-14H,2-7,15H2,1H3. The van der Waals surface area contributed by atoms with Crippen LogP contribution in [0.1, 0.15) is 50.5 Å². The van der Waals surface area contributed by atoms with Gasteiger partial charge in [-0.1, -0.05) is 19.8 Å². The first kappa shape index (κ1) is 12.4. The highest BCUT2D eigenvalue weighted by atomic mass is 16.5. The maximum absolute atomic E-state index is 6.19. The van der Waals surface area contributed by atoms with E-state index in [1.165, 1.54) is 24.8 Å². The molecule has 1 saturated carbocycles. The van der Waals surface area contributed by atoms with Gasteiger partial charge in [0.05, 0.1) is 12.8 Å². The minimum atomic E-state index is 0.284. The zero-order valence-electron chi connectivity index (χ0n) is 10.6. The fourth-order valence-electron chi connectivity index (χ4n) is 2.51. The molecular weight excluding hydrogens is 212 g/mol. The Morgan fingerprint density at radius 1 is 1.35 bits per heavy atom. The second-order valence-electron chi connectivity index (χ2n) is 4.86. The lowest BCUT2D eigenvalue weighted by molar-refractivity contribution is 0.314. The summed E-state index contributed by atoms with van der Waals surface area (Å²) in [5, 5.41) is 0. The number of hydrogen-bond donors (Lipinski definition) is 1. The molecule has 1 aromatic rings. The zero-order chi connectivity index (χ0) is 12.1. The summed E-state index contributed by atoms with van der Waals surface area (Å²) >= 11 is 0. The van der Waals surface area contributed by atoms with Gasteiger partial charge in [-0.15, -0.1) is 0 Å². The lowest BCUT2D eigenvalue weighted by Crippen LogP contribution is -2.31. The van der Waals surface area contributed by atoms with Crippen molar-refractivity contribution in [2.24, 2.45) is 5.73 Å². The summed E-state index contributed by atoms with van der Waals surface area (Å²) in [6.45, 7) is 2.86. The van der Waals surface area contributed by atoms with Crippen molar-refractivity contribution in [3.05, 3.63) is 24.0 Å². The Morgan fingerprint density at radius 2 is 2.18 bits per heavy atom. The lowest BCUT2D eigenvalue weighted by atomic mass is 9.81. The van der Waals surface area contributed by atoms with Crippen LogP contribution >= 0.6 is 0 Å². The molecule has 0 aromatic carbocycles. The van der Waals surface area contributed by atoms with Crippen LogP contribution in [0.4, 0.5) is 0 Å². The molecule has 94 valence electrons. The Kier molecular flexibility index (Phi) is 4.37. The van der Waals surface area contributed by atoms with Crippen LogP contribution in [0.25, 0.3) is 0 Å². The van der Waals surface area contributed by atoms with Crippen molar-refractivity contribution in [2.45, 2.75) is 51.0 Å². The maximum Gasteiger partial charge on any atom is 0.137 e. The van der Waals surface area contributed by atoms with E-state index in [-0.39, 0.29) is 6.04 Å². The van der Waals surface area contributed by atoms with Crippen molar-refractivity contribution in [1.82, 2.24) is 4.98 Å². The predicted octanol–water partition coefficient (Wildman–Crippen LogP) is 2.86. The molecule has 2 rings (SSSR count). The van der Waals surface area contributed by atoms with E-state index in [0.717, 1.165) is 25.2 Å². The summed E-state index contributed by atoms with van der Waals surface area (Å²) in [5.41, 5.74) is 7.43. The molecule has 1 fully saturated rings. The van der Waals surface area contributed by atoms with Crippen LogP contribution < -0.4 is 10.5 Å². The SMILES string of the molecule is CCCOc1cncc(C2CCCCC2N)c1. The molecule has 0 saturated heterocycles. The van der Waals surface area contributed by atoms with Crippen LogP contribution in [-0.2, 0) is 0 Å². The molecule has 0 aliphatic heterocycles. The largest absolute Gasteiger partial charge is 0.492 e. The number of nitrogens with two attached hydrogens (primary N) is 1. The van der Waals surface area contributed by atoms with E-state index in [4.69, 9.17) is 10.5 Å². The van der Waals surface area contributed by atoms with E-state index < -0.39 is 0 Å². The molecule has 1 aliphatic carbocycles. The summed E-state index contributed by atoms with van der Waals surface area (Å²) in [7, 11) is 0. The van der Waals surface area contributed by atoms with Gasteiger partial charge in [-0.3, -0.25) is 4.98 Å². The van der Waals surface area contributed by atoms with Crippen molar-refractivity contribution >= 4 is 0 Å². The lowest BCUT2D eigenvalue weighted by Gasteiger charge is -2.28. The van der Waals surface area contributed by atoms with Crippen LogP contribution in [0.2, 0.25) is 0 Å². The fraction of sp³-hybridized carbons (Fsp3) is 0.643. The Hall–Kier alpha value is -1.09. The molecule has 2 atom stereocenters. The highest BCUT2D eigenvalue weighted by molar-refractivity contribution is 5.27. The minimum absolute atomic E-state index is 0.284. The first-order valence-corrected chi connectivity index (χ1v) is 6.64. The Balaban J connectivity index is 2.08. The summed E-state index contributed by atoms with van der Waals surface area (Å²) in [6, 6.07) is 2.39. The highest BCUT2D eigenvalue weighted by Crippen LogP contribution is 2.32. The molecule has 17 heavy (non-hydrogen) atoms. The van der Waals surface area contributed by atoms with E-state index in [1.807, 2.05) is 6.20 Å². The summed E-state index contributed by atoms with van der Waals surface area (Å²) < 4.78 is 5.62. The van der Waals surface area contributed by atoms with E-state index >= 15 is 0 Å². The average molecular weight is 234 g/mol. The zero-order valence-corrected chi connectivity index (χ0v) is 10.6. The summed E-state index contributed by atoms with van der Waals surface area (Å²) in [6.07, 6.45) is 9.59. The molecule has 1 heterocycles. The second kappa shape index (κ2) is 6.01. The number of nitrogens with zero attached hydrogens (tertiary/aromatic N) is 1. The number of rotatable bonds is 4. The van der Waals surface area contributed by atoms with Gasteiger partial charge in [0, 0.05) is 18.2 Å². The average Bonchev–Trinajstić information content (AvgIpc) is 2.37. The van der Waals surface area contributed by atoms with Crippen molar-refractivity contribution < 1.29 is 4.74 Å². The van der Waals surface area contributed by atoms with Crippen LogP contribution in [0, 0.1) is 0 Å². The van der Waals surface area contributed by atoms with E-state index in [9.17, 15) is 0 Å². The van der Waals surface area contributed by atoms with Gasteiger partial charge in [-0.25, -0.2) is 0 Å². The molecule has 0 spiro atoms. The van der Waals surface area contributed by atoms with Crippen molar-refractivity contribution in [2.75, 3.05) is 6.61 Å². The number of hydrogen-bond acceptors (Lipinski definition) is 3. The quantitative estimate of drug-likeness (QED) is 0.871. The third-order valence-electron chi connectivity index (χ3n) is 3.45. The molecule has 0 amide bonds. The number of aromatic nitrogens is 1. The molecule has 2 unspecified atom stereocenters. The third-order valence-corrected chi connectivity index (χ3v) is 3.45. The van der Waals surface area contributed by atoms with Crippen molar-refractivity contribution in [1.29, 1.82) is 0 Å². The Bertz CT molecular complexity index is 354. The van der Waals surface area contributed by atoms with Gasteiger partial charge in [0.1, 0.15) is 5.75 Å². The second-order valence-corrected chi connectivity index (χ2v) is 4.86. The van der Waals surface area contributed by atoms with Gasteiger partial charge >= 0.3 is 0 Å². The van der Waals surface area contributed by atoms with Gasteiger partial charge in [0.2, 0.25) is 0 Å². The van der Waals surface area contributed by atoms with E-state index in [1.54, 1.807) is 6.20 Å². The van der Waals surface area contributed by atoms with Crippen LogP contribution in [0.5, 0.6) is 5.75 Å². The third kappa shape index (κ3) is 3.19. The maximum atomic E-state index is 6.19. The first-order valence-electron chi connectivity index (χ1n) is 6.64. The molecule has 2 N–H and O–H groups in total. The van der Waals surface area contributed by atoms with Gasteiger partial charge in [0.25, 0.3) is 0 Å². The smallest absolute Gasteiger partial charge is 0.137 e. The Labute approximate surface area is 103 Å². The van der Waals surface area contributed by atoms with E-state index in [0.29, 0.717) is 5.92 Å². The minimum Gasteiger partial charge on any atom is -0.492 e. The monoisotopic (exact) mass is 234 g/mol. The molecular formula is C14H22N2O. The molecule has 3 nitrogen and oxygen atoms in total. The fourth-order valence-corrected chi connectivity index (χ4v) is 2.51. The molecule has 0 bridgehead atoms. The number of pyridine rings is 1. The Morgan fingerprint density at radius 3 is 2.94 bits per heavy atom. The summed E-state index contributed by atoms with van der Waals surface area (Å²) in [4.78, 5) is 4.27. The molecule has 1 aliphatic rings. The van der Waals surface area contributed by atoms with Crippen LogP contribution in [0.3, 0.4) is 0 Å². The summed E-state index contributed by atoms with van der Waals surface area (Å²) in [5.74, 6) is 1.34. The molecule has 0 radical (unpaired) electrons. The van der Waals surface area contributed by atoms with Gasteiger partial charge in [-0.05, 0) is 30.9 Å². The predicted molar refractivity (Wildman–Crippen MR) is 69.2 cm³/mol.